The van der Waals surface area contributed by atoms with E-state index >= 15 is 4.39 Å². The zero-order valence-corrected chi connectivity index (χ0v) is 22.7. The lowest BCUT2D eigenvalue weighted by Crippen LogP contribution is -2.42. The van der Waals surface area contributed by atoms with E-state index in [4.69, 9.17) is 4.74 Å². The van der Waals surface area contributed by atoms with E-state index in [9.17, 15) is 9.65 Å². The molecule has 39 heavy (non-hydrogen) atoms. The molecule has 2 aliphatic heterocycles. The van der Waals surface area contributed by atoms with E-state index in [1.165, 1.54) is 6.07 Å². The molecular weight excluding hydrogens is 500 g/mol. The number of benzene rings is 2. The molecule has 2 aliphatic rings. The molecule has 8 nitrogen and oxygen atoms in total. The van der Waals surface area contributed by atoms with Gasteiger partial charge in [-0.3, -0.25) is 0 Å². The number of aromatic nitrogens is 2. The first-order valence-corrected chi connectivity index (χ1v) is 13.2. The quantitative estimate of drug-likeness (QED) is 0.465. The molecule has 10 heteroatoms. The van der Waals surface area contributed by atoms with Gasteiger partial charge in [-0.05, 0) is 71.1 Å². The smallest absolute Gasteiger partial charge is 0.227 e. The van der Waals surface area contributed by atoms with Gasteiger partial charge in [0.1, 0.15) is 24.2 Å². The molecule has 3 aromatic rings. The summed E-state index contributed by atoms with van der Waals surface area (Å²) in [5, 5.41) is 12.8. The molecule has 0 amide bonds. The van der Waals surface area contributed by atoms with Crippen LogP contribution in [-0.4, -0.2) is 67.3 Å². The molecule has 0 saturated carbocycles. The van der Waals surface area contributed by atoms with E-state index in [0.717, 1.165) is 37.8 Å². The molecule has 1 fully saturated rings. The molecule has 0 spiro atoms. The van der Waals surface area contributed by atoms with E-state index in [-0.39, 0.29) is 23.5 Å². The van der Waals surface area contributed by atoms with Crippen LogP contribution in [-0.2, 0) is 0 Å². The van der Waals surface area contributed by atoms with Crippen molar-refractivity contribution >= 4 is 23.0 Å². The third kappa shape index (κ3) is 5.45. The highest BCUT2D eigenvalue weighted by molar-refractivity contribution is 5.77. The molecule has 2 aromatic carbocycles. The van der Waals surface area contributed by atoms with E-state index in [2.05, 4.69) is 64.0 Å². The minimum atomic E-state index is -0.625. The Morgan fingerprint density at radius 2 is 1.85 bits per heavy atom. The molecule has 3 heterocycles. The van der Waals surface area contributed by atoms with Crippen LogP contribution in [0.4, 0.5) is 31.8 Å². The maximum atomic E-state index is 15.1. The van der Waals surface area contributed by atoms with Crippen molar-refractivity contribution in [3.05, 3.63) is 53.7 Å². The third-order valence-electron chi connectivity index (χ3n) is 7.46. The van der Waals surface area contributed by atoms with Crippen LogP contribution in [0.5, 0.6) is 5.75 Å². The first-order valence-electron chi connectivity index (χ1n) is 13.2. The van der Waals surface area contributed by atoms with Crippen LogP contribution in [0.2, 0.25) is 0 Å². The standard InChI is InChI=1S/C29H33F2N7O/c1-18(2)38-11-12-39-28-20(16-32)13-19(14-26(28)38)27-24(31)17-33-29(35-27)34-21-5-6-25(23(30)15-21)37-9-7-22(8-10-37)36(3)4/h5-6,13-15,17-18,22H,7-12H2,1-4H3,(H,33,34,35). The minimum Gasteiger partial charge on any atom is -0.488 e. The summed E-state index contributed by atoms with van der Waals surface area (Å²) in [4.78, 5) is 14.9. The maximum absolute atomic E-state index is 15.1. The minimum absolute atomic E-state index is 0.0435. The summed E-state index contributed by atoms with van der Waals surface area (Å²) in [6.45, 7) is 6.82. The van der Waals surface area contributed by atoms with Crippen LogP contribution in [0.3, 0.4) is 0 Å². The fourth-order valence-corrected chi connectivity index (χ4v) is 5.32. The number of fused-ring (bicyclic) bond motifs is 1. The number of nitrogens with zero attached hydrogens (tertiary/aromatic N) is 6. The van der Waals surface area contributed by atoms with Gasteiger partial charge in [0.05, 0.1) is 29.7 Å². The molecule has 0 bridgehead atoms. The number of anilines is 4. The molecule has 1 N–H and O–H groups in total. The number of hydrogen-bond donors (Lipinski definition) is 1. The topological polar surface area (TPSA) is 80.5 Å². The van der Waals surface area contributed by atoms with E-state index in [1.54, 1.807) is 24.3 Å². The van der Waals surface area contributed by atoms with Crippen molar-refractivity contribution in [2.75, 3.05) is 55.5 Å². The molecule has 0 aliphatic carbocycles. The lowest BCUT2D eigenvalue weighted by atomic mass is 10.0. The van der Waals surface area contributed by atoms with E-state index in [0.29, 0.717) is 47.4 Å². The second kappa shape index (κ2) is 11.0. The summed E-state index contributed by atoms with van der Waals surface area (Å²) < 4.78 is 35.9. The van der Waals surface area contributed by atoms with Gasteiger partial charge in [0.15, 0.2) is 11.6 Å². The second-order valence-corrected chi connectivity index (χ2v) is 10.5. The van der Waals surface area contributed by atoms with Crippen LogP contribution < -0.4 is 19.9 Å². The van der Waals surface area contributed by atoms with Crippen LogP contribution in [0.15, 0.2) is 36.5 Å². The SMILES string of the molecule is CC(C)N1CCOc2c(C#N)cc(-c3nc(Nc4ccc(N5CCC(N(C)C)CC5)c(F)c4)ncc3F)cc21. The van der Waals surface area contributed by atoms with Crippen LogP contribution in [0.25, 0.3) is 11.3 Å². The Hall–Kier alpha value is -3.97. The van der Waals surface area contributed by atoms with Crippen LogP contribution in [0.1, 0.15) is 32.3 Å². The van der Waals surface area contributed by atoms with Crippen molar-refractivity contribution in [2.24, 2.45) is 0 Å². The first kappa shape index (κ1) is 26.6. The number of nitriles is 1. The summed E-state index contributed by atoms with van der Waals surface area (Å²) in [7, 11) is 4.15. The summed E-state index contributed by atoms with van der Waals surface area (Å²) in [6, 6.07) is 11.1. The normalized spacial score (nSPS) is 15.8. The molecule has 5 rings (SSSR count). The number of ether oxygens (including phenoxy) is 1. The molecule has 0 atom stereocenters. The fourth-order valence-electron chi connectivity index (χ4n) is 5.32. The Morgan fingerprint density at radius 1 is 1.08 bits per heavy atom. The van der Waals surface area contributed by atoms with Crippen LogP contribution >= 0.6 is 0 Å². The highest BCUT2D eigenvalue weighted by atomic mass is 19.1. The summed E-state index contributed by atoms with van der Waals surface area (Å²) >= 11 is 0. The maximum Gasteiger partial charge on any atom is 0.227 e. The number of hydrogen-bond acceptors (Lipinski definition) is 8. The van der Waals surface area contributed by atoms with E-state index < -0.39 is 5.82 Å². The molecule has 0 unspecified atom stereocenters. The summed E-state index contributed by atoms with van der Waals surface area (Å²) in [5.41, 5.74) is 2.54. The van der Waals surface area contributed by atoms with E-state index in [1.807, 2.05) is 0 Å². The van der Waals surface area contributed by atoms with Crippen molar-refractivity contribution in [2.45, 2.75) is 38.8 Å². The van der Waals surface area contributed by atoms with Crippen molar-refractivity contribution in [3.63, 3.8) is 0 Å². The lowest BCUT2D eigenvalue weighted by Gasteiger charge is -2.36. The zero-order chi connectivity index (χ0) is 27.7. The van der Waals surface area contributed by atoms with Gasteiger partial charge in [-0.2, -0.15) is 5.26 Å². The Balaban J connectivity index is 1.40. The molecule has 0 radical (unpaired) electrons. The van der Waals surface area contributed by atoms with Gasteiger partial charge < -0.3 is 24.8 Å². The van der Waals surface area contributed by atoms with Gasteiger partial charge in [0, 0.05) is 36.4 Å². The van der Waals surface area contributed by atoms with Gasteiger partial charge in [0.25, 0.3) is 0 Å². The van der Waals surface area contributed by atoms with Crippen molar-refractivity contribution < 1.29 is 13.5 Å². The predicted octanol–water partition coefficient (Wildman–Crippen LogP) is 5.17. The van der Waals surface area contributed by atoms with Gasteiger partial charge in [-0.1, -0.05) is 0 Å². The fraction of sp³-hybridized carbons (Fsp3) is 0.414. The highest BCUT2D eigenvalue weighted by Gasteiger charge is 2.26. The molecular formula is C29H33F2N7O. The summed E-state index contributed by atoms with van der Waals surface area (Å²) in [6.07, 6.45) is 3.04. The Bertz CT molecular complexity index is 1400. The monoisotopic (exact) mass is 533 g/mol. The Morgan fingerprint density at radius 3 is 2.51 bits per heavy atom. The third-order valence-corrected chi connectivity index (χ3v) is 7.46. The average Bonchev–Trinajstić information content (AvgIpc) is 2.93. The zero-order valence-electron chi connectivity index (χ0n) is 22.7. The van der Waals surface area contributed by atoms with Crippen LogP contribution in [0, 0.1) is 23.0 Å². The van der Waals surface area contributed by atoms with Crippen molar-refractivity contribution in [3.8, 4) is 23.1 Å². The first-order chi connectivity index (χ1) is 18.7. The Labute approximate surface area is 227 Å². The number of halogens is 2. The van der Waals surface area contributed by atoms with Gasteiger partial charge in [0.2, 0.25) is 5.95 Å². The predicted molar refractivity (Wildman–Crippen MR) is 149 cm³/mol. The van der Waals surface area contributed by atoms with Crippen molar-refractivity contribution in [1.29, 1.82) is 5.26 Å². The largest absolute Gasteiger partial charge is 0.488 e. The average molecular weight is 534 g/mol. The Kier molecular flexibility index (Phi) is 7.53. The number of nitrogens with one attached hydrogen (secondary N) is 1. The van der Waals surface area contributed by atoms with Crippen molar-refractivity contribution in [1.82, 2.24) is 14.9 Å². The second-order valence-electron chi connectivity index (χ2n) is 10.5. The lowest BCUT2D eigenvalue weighted by molar-refractivity contribution is 0.249. The highest BCUT2D eigenvalue weighted by Crippen LogP contribution is 2.40. The van der Waals surface area contributed by atoms with Gasteiger partial charge >= 0.3 is 0 Å². The van der Waals surface area contributed by atoms with Gasteiger partial charge in [-0.25, -0.2) is 18.7 Å². The molecule has 1 saturated heterocycles. The van der Waals surface area contributed by atoms with Gasteiger partial charge in [-0.15, -0.1) is 0 Å². The number of rotatable bonds is 6. The molecule has 1 aromatic heterocycles. The summed E-state index contributed by atoms with van der Waals surface area (Å²) in [5.74, 6) is -0.346. The molecule has 204 valence electrons. The number of piperidine rings is 1.